The molecule has 5 atom stereocenters. The van der Waals surface area contributed by atoms with Crippen LogP contribution in [0.2, 0.25) is 0 Å². The summed E-state index contributed by atoms with van der Waals surface area (Å²) >= 11 is 0. The zero-order valence-corrected chi connectivity index (χ0v) is 31.5. The smallest absolute Gasteiger partial charge is 0.0613 e. The first-order chi connectivity index (χ1) is 26.7. The fourth-order valence-corrected chi connectivity index (χ4v) is 9.38. The van der Waals surface area contributed by atoms with Gasteiger partial charge in [0.15, 0.2) is 0 Å². The molecule has 0 radical (unpaired) electrons. The molecular weight excluding hydrogens is 669 g/mol. The third kappa shape index (κ3) is 8.24. The number of nitrogens with one attached hydrogen (secondary N) is 2. The molecule has 6 N–H and O–H groups in total. The summed E-state index contributed by atoms with van der Waals surface area (Å²) < 4.78 is 0. The van der Waals surface area contributed by atoms with Gasteiger partial charge in [0.05, 0.1) is 23.5 Å². The lowest BCUT2D eigenvalue weighted by molar-refractivity contribution is 0.167. The molecule has 10 nitrogen and oxygen atoms in total. The third-order valence-corrected chi connectivity index (χ3v) is 12.0. The average Bonchev–Trinajstić information content (AvgIpc) is 3.22. The molecule has 6 heterocycles. The lowest BCUT2D eigenvalue weighted by Crippen LogP contribution is -2.47. The number of hydrogen-bond donors (Lipinski definition) is 4. The van der Waals surface area contributed by atoms with E-state index in [1.807, 2.05) is 24.7 Å². The fraction of sp³-hybridized carbons (Fsp3) is 0.455. The summed E-state index contributed by atoms with van der Waals surface area (Å²) in [5.41, 5.74) is 23.2. The summed E-state index contributed by atoms with van der Waals surface area (Å²) in [5.74, 6) is 0.273. The molecule has 2 aliphatic heterocycles. The van der Waals surface area contributed by atoms with Gasteiger partial charge in [-0.25, -0.2) is 0 Å². The largest absolute Gasteiger partial charge is 0.327 e. The number of fused-ring (bicyclic) bond motifs is 4. The first-order valence-corrected chi connectivity index (χ1v) is 20.1. The molecule has 0 saturated carbocycles. The van der Waals surface area contributed by atoms with Crippen molar-refractivity contribution in [2.75, 3.05) is 39.3 Å². The van der Waals surface area contributed by atoms with Crippen molar-refractivity contribution in [1.82, 2.24) is 40.4 Å². The quantitative estimate of drug-likeness (QED) is 0.144. The van der Waals surface area contributed by atoms with Gasteiger partial charge < -0.3 is 22.1 Å². The SMILES string of the molecule is NC/C=C\CN(C[C@@H]1Cc2ncccc2CN1)[C@H]1CCC(c2cnc3c(c2)CN[C@H](CN(C/C=C/CN)[C@H]2CCCc4cccnc42)C3)c2cccnc21. The van der Waals surface area contributed by atoms with Crippen LogP contribution in [0.15, 0.2) is 91.6 Å². The number of nitrogens with zero attached hydrogens (tertiary/aromatic N) is 6. The average molecular weight is 725 g/mol. The van der Waals surface area contributed by atoms with E-state index >= 15 is 0 Å². The van der Waals surface area contributed by atoms with Crippen LogP contribution in [0.5, 0.6) is 0 Å². The van der Waals surface area contributed by atoms with E-state index < -0.39 is 0 Å². The second kappa shape index (κ2) is 17.5. The van der Waals surface area contributed by atoms with Gasteiger partial charge in [-0.3, -0.25) is 29.7 Å². The van der Waals surface area contributed by atoms with Gasteiger partial charge in [-0.2, -0.15) is 0 Å². The molecule has 2 aliphatic carbocycles. The number of rotatable bonds is 13. The molecule has 0 saturated heterocycles. The van der Waals surface area contributed by atoms with Crippen molar-refractivity contribution in [2.45, 2.75) is 88.1 Å². The van der Waals surface area contributed by atoms with Crippen molar-refractivity contribution >= 4 is 0 Å². The van der Waals surface area contributed by atoms with Crippen LogP contribution in [0.4, 0.5) is 0 Å². The summed E-state index contributed by atoms with van der Waals surface area (Å²) in [5, 5.41) is 7.69. The van der Waals surface area contributed by atoms with Crippen molar-refractivity contribution in [3.8, 4) is 0 Å². The summed E-state index contributed by atoms with van der Waals surface area (Å²) in [4.78, 5) is 25.0. The Morgan fingerprint density at radius 2 is 1.30 bits per heavy atom. The van der Waals surface area contributed by atoms with Gasteiger partial charge >= 0.3 is 0 Å². The second-order valence-electron chi connectivity index (χ2n) is 15.4. The third-order valence-electron chi connectivity index (χ3n) is 12.0. The van der Waals surface area contributed by atoms with Gasteiger partial charge in [-0.05, 0) is 78.1 Å². The zero-order valence-electron chi connectivity index (χ0n) is 31.5. The predicted molar refractivity (Wildman–Crippen MR) is 215 cm³/mol. The van der Waals surface area contributed by atoms with Gasteiger partial charge in [0.25, 0.3) is 0 Å². The van der Waals surface area contributed by atoms with Crippen molar-refractivity contribution < 1.29 is 0 Å². The number of hydrogen-bond acceptors (Lipinski definition) is 10. The Hall–Kier alpha value is -4.16. The Bertz CT molecular complexity index is 1930. The maximum Gasteiger partial charge on any atom is 0.0613 e. The number of aryl methyl sites for hydroxylation is 1. The lowest BCUT2D eigenvalue weighted by atomic mass is 9.78. The van der Waals surface area contributed by atoms with Crippen molar-refractivity contribution in [3.05, 3.63) is 142 Å². The molecule has 10 heteroatoms. The minimum atomic E-state index is 0.230. The number of pyridine rings is 4. The van der Waals surface area contributed by atoms with E-state index in [1.54, 1.807) is 0 Å². The van der Waals surface area contributed by atoms with Crippen molar-refractivity contribution in [1.29, 1.82) is 0 Å². The highest BCUT2D eigenvalue weighted by Crippen LogP contribution is 2.43. The minimum Gasteiger partial charge on any atom is -0.327 e. The molecule has 1 unspecified atom stereocenters. The van der Waals surface area contributed by atoms with Crippen LogP contribution in [0, 0.1) is 0 Å². The highest BCUT2D eigenvalue weighted by Gasteiger charge is 2.35. The van der Waals surface area contributed by atoms with Crippen LogP contribution in [0.25, 0.3) is 0 Å². The predicted octanol–water partition coefficient (Wildman–Crippen LogP) is 4.67. The fourth-order valence-electron chi connectivity index (χ4n) is 9.38. The Kier molecular flexibility index (Phi) is 11.9. The topological polar surface area (TPSA) is 134 Å². The van der Waals surface area contributed by atoms with Crippen LogP contribution < -0.4 is 22.1 Å². The number of nitrogens with two attached hydrogens (primary N) is 2. The molecule has 54 heavy (non-hydrogen) atoms. The zero-order chi connectivity index (χ0) is 36.7. The summed E-state index contributed by atoms with van der Waals surface area (Å²) in [6.45, 7) is 6.38. The molecule has 4 aliphatic rings. The summed E-state index contributed by atoms with van der Waals surface area (Å²) in [6, 6.07) is 16.6. The Balaban J connectivity index is 0.979. The molecule has 0 spiro atoms. The second-order valence-corrected chi connectivity index (χ2v) is 15.4. The molecule has 4 aromatic rings. The van der Waals surface area contributed by atoms with Crippen LogP contribution >= 0.6 is 0 Å². The van der Waals surface area contributed by atoms with Gasteiger partial charge in [-0.1, -0.05) is 48.6 Å². The molecule has 0 bridgehead atoms. The standard InChI is InChI=1S/C44H56N10/c45-16-1-3-21-53(41-13-5-9-31-10-6-19-48-43(31)41)29-36-25-40-34(28-51-36)23-33(27-52-40)37-14-15-42(44-38(37)12-8-20-49-44)54(22-4-2-17-46)30-35-24-39-32(26-50-35)11-7-18-47-39/h1-4,6-8,10-12,18-20,23,27,35-37,41-42,50-51H,5,9,13-17,21-22,24-26,28-30,45-46H2/b3-1+,4-2-/t35-,36-,37?,41-,42-/m0/s1. The maximum atomic E-state index is 5.88. The van der Waals surface area contributed by atoms with E-state index in [-0.39, 0.29) is 12.0 Å². The summed E-state index contributed by atoms with van der Waals surface area (Å²) in [7, 11) is 0. The van der Waals surface area contributed by atoms with Crippen LogP contribution in [0.1, 0.15) is 94.3 Å². The van der Waals surface area contributed by atoms with Crippen molar-refractivity contribution in [2.24, 2.45) is 11.5 Å². The van der Waals surface area contributed by atoms with Gasteiger partial charge in [0, 0.05) is 119 Å². The molecule has 0 fully saturated rings. The van der Waals surface area contributed by atoms with E-state index in [0.717, 1.165) is 77.8 Å². The van der Waals surface area contributed by atoms with Crippen LogP contribution in [0.3, 0.4) is 0 Å². The van der Waals surface area contributed by atoms with Crippen molar-refractivity contribution in [3.63, 3.8) is 0 Å². The molecule has 4 aromatic heterocycles. The van der Waals surface area contributed by atoms with E-state index in [0.29, 0.717) is 31.2 Å². The van der Waals surface area contributed by atoms with Crippen LogP contribution in [-0.2, 0) is 32.4 Å². The van der Waals surface area contributed by atoms with Gasteiger partial charge in [0.1, 0.15) is 0 Å². The lowest BCUT2D eigenvalue weighted by Gasteiger charge is -2.40. The minimum absolute atomic E-state index is 0.230. The monoisotopic (exact) mass is 724 g/mol. The molecule has 8 rings (SSSR count). The van der Waals surface area contributed by atoms with Gasteiger partial charge in [-0.15, -0.1) is 0 Å². The Morgan fingerprint density at radius 3 is 2.04 bits per heavy atom. The highest BCUT2D eigenvalue weighted by molar-refractivity contribution is 5.40. The highest BCUT2D eigenvalue weighted by atomic mass is 15.2. The molecule has 282 valence electrons. The normalized spacial score (nSPS) is 23.7. The number of aromatic nitrogens is 4. The molecule has 0 aromatic carbocycles. The Labute approximate surface area is 320 Å². The van der Waals surface area contributed by atoms with Crippen LogP contribution in [-0.4, -0.2) is 81.1 Å². The Morgan fingerprint density at radius 1 is 0.667 bits per heavy atom. The first kappa shape index (κ1) is 36.8. The van der Waals surface area contributed by atoms with E-state index in [4.69, 9.17) is 31.4 Å². The summed E-state index contributed by atoms with van der Waals surface area (Å²) in [6.07, 6.45) is 24.0. The van der Waals surface area contributed by atoms with E-state index in [9.17, 15) is 0 Å². The molecular formula is C44H56N10. The maximum absolute atomic E-state index is 5.88. The molecule has 0 amide bonds. The van der Waals surface area contributed by atoms with E-state index in [1.165, 1.54) is 57.0 Å². The first-order valence-electron chi connectivity index (χ1n) is 20.1. The van der Waals surface area contributed by atoms with Gasteiger partial charge in [0.2, 0.25) is 0 Å². The van der Waals surface area contributed by atoms with E-state index in [2.05, 4.69) is 87.3 Å².